The Morgan fingerprint density at radius 1 is 1.31 bits per heavy atom. The van der Waals surface area contributed by atoms with Crippen molar-refractivity contribution < 1.29 is 5.11 Å². The van der Waals surface area contributed by atoms with Crippen LogP contribution in [0.25, 0.3) is 0 Å². The molecule has 0 heterocycles. The molecule has 2 rings (SSSR count). The minimum Gasteiger partial charge on any atom is -0.388 e. The molecule has 4 atom stereocenters. The lowest BCUT2D eigenvalue weighted by molar-refractivity contribution is 0.0202. The Hall–Kier alpha value is -0.560. The van der Waals surface area contributed by atoms with Gasteiger partial charge in [0.2, 0.25) is 0 Å². The van der Waals surface area contributed by atoms with E-state index in [0.717, 1.165) is 5.92 Å². The molecular weight excluding hydrogens is 196 g/mol. The molecule has 0 aromatic rings. The Labute approximate surface area is 99.3 Å². The molecule has 1 heteroatoms. The summed E-state index contributed by atoms with van der Waals surface area (Å²) in [6.07, 6.45) is 11.3. The van der Waals surface area contributed by atoms with Gasteiger partial charge in [-0.2, -0.15) is 0 Å². The van der Waals surface area contributed by atoms with Gasteiger partial charge in [0.25, 0.3) is 0 Å². The van der Waals surface area contributed by atoms with Gasteiger partial charge in [-0.3, -0.25) is 0 Å². The van der Waals surface area contributed by atoms with Gasteiger partial charge in [0.15, 0.2) is 0 Å². The van der Waals surface area contributed by atoms with Crippen molar-refractivity contribution in [3.63, 3.8) is 0 Å². The third kappa shape index (κ3) is 1.98. The molecule has 0 aromatic heterocycles. The first kappa shape index (κ1) is 11.9. The molecule has 90 valence electrons. The number of hydrogen-bond donors (Lipinski definition) is 1. The predicted octanol–water partition coefficient (Wildman–Crippen LogP) is 3.70. The van der Waals surface area contributed by atoms with Gasteiger partial charge in [-0.05, 0) is 25.2 Å². The van der Waals surface area contributed by atoms with Crippen molar-refractivity contribution in [2.45, 2.75) is 52.6 Å². The SMILES string of the molecule is CC1=CC(C)(C2CCCCC2C)C(O)C=C1. The number of hydrogen-bond acceptors (Lipinski definition) is 1. The second-order valence-electron chi connectivity index (χ2n) is 5.93. The Morgan fingerprint density at radius 3 is 2.69 bits per heavy atom. The van der Waals surface area contributed by atoms with Crippen LogP contribution in [-0.2, 0) is 0 Å². The summed E-state index contributed by atoms with van der Waals surface area (Å²) in [6, 6.07) is 0. The van der Waals surface area contributed by atoms with Crippen LogP contribution in [0.1, 0.15) is 46.5 Å². The van der Waals surface area contributed by atoms with Gasteiger partial charge in [-0.15, -0.1) is 0 Å². The second-order valence-corrected chi connectivity index (χ2v) is 5.93. The zero-order chi connectivity index (χ0) is 11.8. The van der Waals surface area contributed by atoms with E-state index in [0.29, 0.717) is 5.92 Å². The van der Waals surface area contributed by atoms with E-state index in [1.54, 1.807) is 0 Å². The second kappa shape index (κ2) is 4.37. The smallest absolute Gasteiger partial charge is 0.0814 e. The standard InChI is InChI=1S/C15H24O/c1-11-8-9-14(16)15(3,10-11)13-7-5-4-6-12(13)2/h8-10,12-14,16H,4-7H2,1-3H3. The molecule has 0 aromatic carbocycles. The first-order valence-electron chi connectivity index (χ1n) is 6.60. The summed E-state index contributed by atoms with van der Waals surface area (Å²) in [4.78, 5) is 0. The first-order valence-corrected chi connectivity index (χ1v) is 6.60. The van der Waals surface area contributed by atoms with Crippen LogP contribution >= 0.6 is 0 Å². The van der Waals surface area contributed by atoms with E-state index in [1.807, 2.05) is 12.2 Å². The molecule has 4 unspecified atom stereocenters. The van der Waals surface area contributed by atoms with Crippen LogP contribution in [0.4, 0.5) is 0 Å². The molecule has 0 amide bonds. The minimum absolute atomic E-state index is 0.0430. The van der Waals surface area contributed by atoms with E-state index in [2.05, 4.69) is 26.8 Å². The number of aliphatic hydroxyl groups excluding tert-OH is 1. The van der Waals surface area contributed by atoms with E-state index >= 15 is 0 Å². The van der Waals surface area contributed by atoms with Gasteiger partial charge in [0.1, 0.15) is 0 Å². The van der Waals surface area contributed by atoms with Gasteiger partial charge >= 0.3 is 0 Å². The Balaban J connectivity index is 2.26. The van der Waals surface area contributed by atoms with E-state index < -0.39 is 0 Å². The maximum Gasteiger partial charge on any atom is 0.0814 e. The lowest BCUT2D eigenvalue weighted by atomic mass is 9.61. The van der Waals surface area contributed by atoms with Crippen LogP contribution in [0, 0.1) is 17.3 Å². The molecule has 1 N–H and O–H groups in total. The quantitative estimate of drug-likeness (QED) is 0.714. The molecule has 16 heavy (non-hydrogen) atoms. The summed E-state index contributed by atoms with van der Waals surface area (Å²) >= 11 is 0. The van der Waals surface area contributed by atoms with E-state index in [1.165, 1.54) is 31.3 Å². The average Bonchev–Trinajstić information content (AvgIpc) is 2.24. The largest absolute Gasteiger partial charge is 0.388 e. The molecule has 1 nitrogen and oxygen atoms in total. The maximum atomic E-state index is 10.3. The zero-order valence-corrected chi connectivity index (χ0v) is 10.7. The van der Waals surface area contributed by atoms with E-state index in [9.17, 15) is 5.11 Å². The molecule has 0 saturated heterocycles. The summed E-state index contributed by atoms with van der Waals surface area (Å²) in [5, 5.41) is 10.3. The van der Waals surface area contributed by atoms with Crippen LogP contribution in [0.15, 0.2) is 23.8 Å². The van der Waals surface area contributed by atoms with E-state index in [-0.39, 0.29) is 11.5 Å². The summed E-state index contributed by atoms with van der Waals surface area (Å²) in [7, 11) is 0. The number of rotatable bonds is 1. The molecule has 0 spiro atoms. The summed E-state index contributed by atoms with van der Waals surface area (Å²) < 4.78 is 0. The molecule has 0 radical (unpaired) electrons. The Bertz CT molecular complexity index is 315. The molecule has 1 saturated carbocycles. The number of allylic oxidation sites excluding steroid dienone is 2. The van der Waals surface area contributed by atoms with Crippen molar-refractivity contribution in [1.82, 2.24) is 0 Å². The Kier molecular flexibility index (Phi) is 3.25. The molecular formula is C15H24O. The molecule has 2 aliphatic rings. The normalized spacial score (nSPS) is 44.2. The Morgan fingerprint density at radius 2 is 2.00 bits per heavy atom. The van der Waals surface area contributed by atoms with Crippen molar-refractivity contribution in [1.29, 1.82) is 0 Å². The monoisotopic (exact) mass is 220 g/mol. The summed E-state index contributed by atoms with van der Waals surface area (Å²) in [6.45, 7) is 6.72. The predicted molar refractivity (Wildman–Crippen MR) is 68.1 cm³/mol. The van der Waals surface area contributed by atoms with Crippen LogP contribution in [0.5, 0.6) is 0 Å². The van der Waals surface area contributed by atoms with Crippen molar-refractivity contribution in [3.05, 3.63) is 23.8 Å². The van der Waals surface area contributed by atoms with E-state index in [4.69, 9.17) is 0 Å². The van der Waals surface area contributed by atoms with Gasteiger partial charge in [0.05, 0.1) is 6.10 Å². The van der Waals surface area contributed by atoms with Crippen LogP contribution in [0.3, 0.4) is 0 Å². The minimum atomic E-state index is -0.304. The summed E-state index contributed by atoms with van der Waals surface area (Å²) in [5.41, 5.74) is 1.25. The lowest BCUT2D eigenvalue weighted by Crippen LogP contribution is -2.42. The third-order valence-electron chi connectivity index (χ3n) is 4.63. The van der Waals surface area contributed by atoms with Crippen molar-refractivity contribution in [3.8, 4) is 0 Å². The van der Waals surface area contributed by atoms with Gasteiger partial charge < -0.3 is 5.11 Å². The fraction of sp³-hybridized carbons (Fsp3) is 0.733. The maximum absolute atomic E-state index is 10.3. The highest BCUT2D eigenvalue weighted by molar-refractivity contribution is 5.29. The van der Waals surface area contributed by atoms with Gasteiger partial charge in [-0.25, -0.2) is 0 Å². The van der Waals surface area contributed by atoms with Gasteiger partial charge in [0, 0.05) is 5.41 Å². The fourth-order valence-corrected chi connectivity index (χ4v) is 3.64. The first-order chi connectivity index (χ1) is 7.54. The molecule has 1 fully saturated rings. The van der Waals surface area contributed by atoms with Crippen LogP contribution in [-0.4, -0.2) is 11.2 Å². The molecule has 2 aliphatic carbocycles. The van der Waals surface area contributed by atoms with Crippen molar-refractivity contribution in [2.24, 2.45) is 17.3 Å². The highest BCUT2D eigenvalue weighted by Gasteiger charge is 2.42. The summed E-state index contributed by atoms with van der Waals surface area (Å²) in [5.74, 6) is 1.38. The van der Waals surface area contributed by atoms with Crippen molar-refractivity contribution in [2.75, 3.05) is 0 Å². The third-order valence-corrected chi connectivity index (χ3v) is 4.63. The highest BCUT2D eigenvalue weighted by Crippen LogP contribution is 2.47. The van der Waals surface area contributed by atoms with Crippen LogP contribution < -0.4 is 0 Å². The van der Waals surface area contributed by atoms with Crippen molar-refractivity contribution >= 4 is 0 Å². The van der Waals surface area contributed by atoms with Crippen LogP contribution in [0.2, 0.25) is 0 Å². The molecule has 0 aliphatic heterocycles. The fourth-order valence-electron chi connectivity index (χ4n) is 3.64. The average molecular weight is 220 g/mol. The highest BCUT2D eigenvalue weighted by atomic mass is 16.3. The molecule has 0 bridgehead atoms. The zero-order valence-electron chi connectivity index (χ0n) is 10.7. The topological polar surface area (TPSA) is 20.2 Å². The van der Waals surface area contributed by atoms with Gasteiger partial charge in [-0.1, -0.05) is 56.9 Å². The number of aliphatic hydroxyl groups is 1. The lowest BCUT2D eigenvalue weighted by Gasteiger charge is -2.45.